The van der Waals surface area contributed by atoms with Crippen molar-refractivity contribution in [2.75, 3.05) is 5.73 Å². The van der Waals surface area contributed by atoms with Crippen molar-refractivity contribution >= 4 is 151 Å². The smallest absolute Gasteiger partial charge is 0.297 e. The summed E-state index contributed by atoms with van der Waals surface area (Å²) < 4.78 is 210. The van der Waals surface area contributed by atoms with Crippen LogP contribution in [0.5, 0.6) is 17.4 Å². The van der Waals surface area contributed by atoms with Gasteiger partial charge in [0.1, 0.15) is 58.6 Å². The molecule has 1 aromatic heterocycles. The van der Waals surface area contributed by atoms with E-state index in [4.69, 9.17) is 17.3 Å². The fourth-order valence-electron chi connectivity index (χ4n) is 7.46. The molecule has 83 heavy (non-hydrogen) atoms. The summed E-state index contributed by atoms with van der Waals surface area (Å²) in [5, 5.41) is 74.2. The van der Waals surface area contributed by atoms with Crippen molar-refractivity contribution in [3.8, 4) is 23.1 Å². The average Bonchev–Trinajstić information content (AvgIpc) is 2.32. The number of hydrogen-bond acceptors (Lipinski definition) is 27. The number of halogens is 1. The summed E-state index contributed by atoms with van der Waals surface area (Å²) in [6.45, 7) is 0. The molecular formula is C41H27ClN12O23S6. The molecule has 0 aliphatic heterocycles. The molecule has 0 saturated carbocycles. The largest absolute Gasteiger partial charge is 0.505 e. The van der Waals surface area contributed by atoms with Crippen LogP contribution in [0.2, 0.25) is 5.02 Å². The highest BCUT2D eigenvalue weighted by Gasteiger charge is 2.30. The molecule has 432 valence electrons. The Morgan fingerprint density at radius 1 is 0.494 bits per heavy atom. The highest BCUT2D eigenvalue weighted by molar-refractivity contribution is 7.87. The zero-order chi connectivity index (χ0) is 61.3. The van der Waals surface area contributed by atoms with Gasteiger partial charge in [0.25, 0.3) is 66.4 Å². The highest BCUT2D eigenvalue weighted by Crippen LogP contribution is 2.49. The average molecular weight is 1280 g/mol. The van der Waals surface area contributed by atoms with E-state index in [0.717, 1.165) is 71.5 Å². The fraction of sp³-hybridized carbons (Fsp3) is 0. The van der Waals surface area contributed by atoms with E-state index in [2.05, 4.69) is 46.0 Å². The van der Waals surface area contributed by atoms with Gasteiger partial charge < -0.3 is 21.1 Å². The van der Waals surface area contributed by atoms with Crippen molar-refractivity contribution in [3.63, 3.8) is 0 Å². The van der Waals surface area contributed by atoms with Crippen LogP contribution in [0.25, 0.3) is 27.2 Å². The molecule has 0 bridgehead atoms. The number of benzene rings is 7. The molecule has 7 aromatic carbocycles. The molecule has 8 aromatic rings. The Kier molecular flexibility index (Phi) is 15.5. The molecule has 0 fully saturated rings. The van der Waals surface area contributed by atoms with Gasteiger partial charge in [0.05, 0.1) is 43.5 Å². The Bertz CT molecular complexity index is 5010. The number of fused-ring (bicyclic) bond motifs is 2. The first-order chi connectivity index (χ1) is 38.4. The van der Waals surface area contributed by atoms with Crippen LogP contribution in [0.1, 0.15) is 0 Å². The van der Waals surface area contributed by atoms with Crippen LogP contribution >= 0.6 is 11.6 Å². The number of phenolic OH excluding ortho intramolecular Hbond substituents is 2. The number of rotatable bonds is 16. The number of azo groups is 4. The number of phenols is 2. The first-order valence-corrected chi connectivity index (χ1v) is 30.3. The van der Waals surface area contributed by atoms with Crippen molar-refractivity contribution < 1.29 is 98.1 Å². The minimum Gasteiger partial charge on any atom is -0.505 e. The van der Waals surface area contributed by atoms with Crippen LogP contribution in [0.3, 0.4) is 0 Å². The standard InChI is InChI=1S/C41H27ClN12O23S6/c42-24-11-17(12-32(81(69,70)71)36(24)51-50-29-16-44-53(41(29)57)18-1-4-20(5-2-18)78(60,61)62)45-52-37-33(82(72,73)74)14-23-21(38(37)55)6-10-27(40(23)83(75,76)77)48-49-28-15-30(79(63,64)65)22-7-9-26(39(56)34(22)35(28)43)47-46-25-8-3-19(54(58)59)13-31(25)80(66,67)68/h1-16,55-57H,43H2,(H,60,61,62)(H,63,64,65)(H,66,67,68)(H,69,70,71)(H,72,73,74)(H,75,76,77). The van der Waals surface area contributed by atoms with Gasteiger partial charge in [-0.15, -0.1) is 35.8 Å². The monoisotopic (exact) mass is 1280 g/mol. The SMILES string of the molecule is Nc1c(N=Nc2ccc3c(O)c(N=Nc4cc(Cl)c(N=Nc5cnn(-c6ccc(S(=O)(=O)O)cc6)c5O)c(S(=O)(=O)O)c4)c(S(=O)(=O)O)cc3c2S(=O)(=O)O)cc(S(=O)(=O)O)c2ccc(N=Nc3ccc([N+](=O)[O-])cc3S(=O)(=O)O)c(O)c12. The summed E-state index contributed by atoms with van der Waals surface area (Å²) in [5.41, 5.74) is -1.48. The minimum atomic E-state index is -5.69. The molecular weight excluding hydrogens is 1260 g/mol. The molecule has 0 atom stereocenters. The van der Waals surface area contributed by atoms with Gasteiger partial charge in [-0.1, -0.05) is 17.7 Å². The van der Waals surface area contributed by atoms with Crippen LogP contribution in [-0.4, -0.2) is 108 Å². The summed E-state index contributed by atoms with van der Waals surface area (Å²) in [7, 11) is -31.8. The Labute approximate surface area is 467 Å². The molecule has 11 N–H and O–H groups in total. The van der Waals surface area contributed by atoms with E-state index < -0.39 is 196 Å². The number of aromatic nitrogens is 2. The molecule has 0 aliphatic carbocycles. The number of hydrogen-bond donors (Lipinski definition) is 10. The van der Waals surface area contributed by atoms with E-state index in [1.165, 1.54) is 0 Å². The maximum Gasteiger partial charge on any atom is 0.297 e. The molecule has 0 amide bonds. The first-order valence-electron chi connectivity index (χ1n) is 21.3. The second-order valence-electron chi connectivity index (χ2n) is 16.3. The van der Waals surface area contributed by atoms with Gasteiger partial charge in [0, 0.05) is 28.3 Å². The number of nitrogens with two attached hydrogens (primary N) is 1. The van der Waals surface area contributed by atoms with Crippen LogP contribution in [0.15, 0.2) is 167 Å². The van der Waals surface area contributed by atoms with E-state index in [1.807, 2.05) is 0 Å². The van der Waals surface area contributed by atoms with E-state index in [1.54, 1.807) is 0 Å². The lowest BCUT2D eigenvalue weighted by Gasteiger charge is -2.13. The fourth-order valence-corrected chi connectivity index (χ4v) is 11.7. The maximum absolute atomic E-state index is 13.1. The Balaban J connectivity index is 1.19. The van der Waals surface area contributed by atoms with E-state index >= 15 is 0 Å². The van der Waals surface area contributed by atoms with Gasteiger partial charge in [-0.25, -0.2) is 0 Å². The Morgan fingerprint density at radius 2 is 1.02 bits per heavy atom. The van der Waals surface area contributed by atoms with Crippen molar-refractivity contribution in [1.29, 1.82) is 0 Å². The number of nitrogens with zero attached hydrogens (tertiary/aromatic N) is 11. The quantitative estimate of drug-likeness (QED) is 0.0142. The number of anilines is 1. The molecule has 0 radical (unpaired) electrons. The second-order valence-corrected chi connectivity index (χ2v) is 25.1. The molecule has 35 nitrogen and oxygen atoms in total. The summed E-state index contributed by atoms with van der Waals surface area (Å²) in [6.07, 6.45) is 0.909. The summed E-state index contributed by atoms with van der Waals surface area (Å²) >= 11 is 6.30. The second kappa shape index (κ2) is 21.4. The lowest BCUT2D eigenvalue weighted by molar-refractivity contribution is -0.385. The van der Waals surface area contributed by atoms with Gasteiger partial charge in [-0.05, 0) is 72.8 Å². The summed E-state index contributed by atoms with van der Waals surface area (Å²) in [5.74, 6) is -3.14. The molecule has 0 spiro atoms. The Morgan fingerprint density at radius 3 is 1.61 bits per heavy atom. The number of nitro groups is 1. The van der Waals surface area contributed by atoms with Crippen LogP contribution in [0.4, 0.5) is 56.9 Å². The van der Waals surface area contributed by atoms with Gasteiger partial charge in [-0.2, -0.15) is 65.4 Å². The van der Waals surface area contributed by atoms with Crippen molar-refractivity contribution in [3.05, 3.63) is 112 Å². The molecule has 0 saturated heterocycles. The van der Waals surface area contributed by atoms with E-state index in [0.29, 0.717) is 30.3 Å². The lowest BCUT2D eigenvalue weighted by Crippen LogP contribution is -2.03. The van der Waals surface area contributed by atoms with Crippen molar-refractivity contribution in [2.24, 2.45) is 40.9 Å². The molecule has 8 rings (SSSR count). The molecule has 0 unspecified atom stereocenters. The van der Waals surface area contributed by atoms with E-state index in [-0.39, 0.29) is 5.69 Å². The van der Waals surface area contributed by atoms with Gasteiger partial charge in [0.15, 0.2) is 17.2 Å². The highest BCUT2D eigenvalue weighted by atomic mass is 35.5. The third-order valence-electron chi connectivity index (χ3n) is 11.1. The lowest BCUT2D eigenvalue weighted by atomic mass is 10.1. The Hall–Kier alpha value is -8.98. The number of non-ortho nitro benzene ring substituents is 1. The number of nitro benzene ring substituents is 1. The number of aromatic hydroxyl groups is 3. The molecule has 1 heterocycles. The first kappa shape index (κ1) is 60.1. The third-order valence-corrected chi connectivity index (χ3v) is 16.7. The van der Waals surface area contributed by atoms with Crippen molar-refractivity contribution in [2.45, 2.75) is 29.4 Å². The van der Waals surface area contributed by atoms with Gasteiger partial charge in [-0.3, -0.25) is 37.4 Å². The minimum absolute atomic E-state index is 0.0360. The summed E-state index contributed by atoms with van der Waals surface area (Å²) in [4.78, 5) is 3.57. The predicted molar refractivity (Wildman–Crippen MR) is 281 cm³/mol. The van der Waals surface area contributed by atoms with Crippen molar-refractivity contribution in [1.82, 2.24) is 9.78 Å². The normalized spacial score (nSPS) is 13.2. The summed E-state index contributed by atoms with van der Waals surface area (Å²) in [6, 6.07) is 11.7. The maximum atomic E-state index is 13.1. The van der Waals surface area contributed by atoms with E-state index in [9.17, 15) is 103 Å². The van der Waals surface area contributed by atoms with Crippen LogP contribution in [-0.2, 0) is 60.7 Å². The van der Waals surface area contributed by atoms with Crippen LogP contribution < -0.4 is 5.73 Å². The number of nitrogen functional groups attached to an aromatic ring is 1. The van der Waals surface area contributed by atoms with Crippen LogP contribution in [0, 0.1) is 10.1 Å². The predicted octanol–water partition coefficient (Wildman–Crippen LogP) is 8.58. The zero-order valence-electron chi connectivity index (χ0n) is 39.8. The zero-order valence-corrected chi connectivity index (χ0v) is 45.5. The molecule has 0 aliphatic rings. The van der Waals surface area contributed by atoms with Gasteiger partial charge >= 0.3 is 0 Å². The van der Waals surface area contributed by atoms with Gasteiger partial charge in [0.2, 0.25) is 5.88 Å². The third kappa shape index (κ3) is 12.3. The topological polar surface area (TPSA) is 573 Å². The molecule has 42 heteroatoms.